The highest BCUT2D eigenvalue weighted by Gasteiger charge is 2.34. The smallest absolute Gasteiger partial charge is 0.340 e. The second-order valence-electron chi connectivity index (χ2n) is 6.49. The Labute approximate surface area is 163 Å². The Balaban J connectivity index is 1.70. The quantitative estimate of drug-likeness (QED) is 0.399. The number of aromatic nitrogens is 2. The number of aliphatic hydroxyl groups is 2. The zero-order valence-corrected chi connectivity index (χ0v) is 14.8. The molecule has 0 aromatic carbocycles. The molecule has 152 valence electrons. The van der Waals surface area contributed by atoms with Gasteiger partial charge in [0.25, 0.3) is 0 Å². The standard InChI is InChI=1S/C18H17FN4O6/c19-12-9-20-16(22-11-3-7-18(29,8-4-11)15(26)27)23-13(12)21-10-1-5-17(28,6-2-10)14(24)25/h1-5,7,9,28-29H,6,8H2,(H,24,25)(H,26,27)(H2,20,21,22,23). The number of hydrogen-bond acceptors (Lipinski definition) is 8. The minimum atomic E-state index is -2.01. The Morgan fingerprint density at radius 2 is 1.48 bits per heavy atom. The monoisotopic (exact) mass is 404 g/mol. The van der Waals surface area contributed by atoms with E-state index in [0.29, 0.717) is 11.4 Å². The van der Waals surface area contributed by atoms with Crippen molar-refractivity contribution >= 4 is 23.7 Å². The third-order valence-corrected chi connectivity index (χ3v) is 4.35. The fourth-order valence-electron chi connectivity index (χ4n) is 2.54. The van der Waals surface area contributed by atoms with Crippen LogP contribution in [0.2, 0.25) is 0 Å². The van der Waals surface area contributed by atoms with E-state index in [1.165, 1.54) is 24.3 Å². The fraction of sp³-hybridized carbons (Fsp3) is 0.222. The number of hydrogen-bond donors (Lipinski definition) is 6. The summed E-state index contributed by atoms with van der Waals surface area (Å²) in [6, 6.07) is 0. The van der Waals surface area contributed by atoms with Crippen molar-refractivity contribution in [3.8, 4) is 0 Å². The highest BCUT2D eigenvalue weighted by molar-refractivity contribution is 5.81. The normalized spacial score (nSPS) is 25.8. The van der Waals surface area contributed by atoms with Gasteiger partial charge in [-0.2, -0.15) is 4.98 Å². The first-order valence-electron chi connectivity index (χ1n) is 8.38. The lowest BCUT2D eigenvalue weighted by Crippen LogP contribution is -2.37. The molecule has 2 unspecified atom stereocenters. The van der Waals surface area contributed by atoms with Gasteiger partial charge in [0.2, 0.25) is 5.95 Å². The van der Waals surface area contributed by atoms with Gasteiger partial charge in [0.15, 0.2) is 22.8 Å². The molecule has 10 nitrogen and oxygen atoms in total. The van der Waals surface area contributed by atoms with Crippen molar-refractivity contribution in [1.82, 2.24) is 9.97 Å². The molecule has 0 aliphatic heterocycles. The van der Waals surface area contributed by atoms with Crippen LogP contribution >= 0.6 is 0 Å². The summed E-state index contributed by atoms with van der Waals surface area (Å²) in [6.45, 7) is 0. The van der Waals surface area contributed by atoms with Crippen LogP contribution in [0.3, 0.4) is 0 Å². The summed E-state index contributed by atoms with van der Waals surface area (Å²) in [5.74, 6) is -3.73. The van der Waals surface area contributed by atoms with Crippen molar-refractivity contribution < 1.29 is 34.4 Å². The SMILES string of the molecule is O=C(O)C1(O)C=CC(Nc2ncc(F)c(NC3=CCC(O)(C(=O)O)C=C3)n2)=CC1. The number of rotatable bonds is 6. The summed E-state index contributed by atoms with van der Waals surface area (Å²) in [5.41, 5.74) is -3.25. The van der Waals surface area contributed by atoms with Crippen LogP contribution in [0.5, 0.6) is 0 Å². The van der Waals surface area contributed by atoms with Gasteiger partial charge in [0, 0.05) is 24.2 Å². The summed E-state index contributed by atoms with van der Waals surface area (Å²) in [7, 11) is 0. The highest BCUT2D eigenvalue weighted by atomic mass is 19.1. The second-order valence-corrected chi connectivity index (χ2v) is 6.49. The van der Waals surface area contributed by atoms with Gasteiger partial charge >= 0.3 is 11.9 Å². The van der Waals surface area contributed by atoms with Crippen molar-refractivity contribution in [2.75, 3.05) is 10.6 Å². The molecule has 0 fully saturated rings. The van der Waals surface area contributed by atoms with Crippen LogP contribution in [0.1, 0.15) is 12.8 Å². The van der Waals surface area contributed by atoms with Gasteiger partial charge in [-0.1, -0.05) is 12.2 Å². The number of carboxylic acid groups (broad SMARTS) is 2. The maximum Gasteiger partial charge on any atom is 0.340 e. The number of aliphatic carboxylic acids is 2. The van der Waals surface area contributed by atoms with Crippen molar-refractivity contribution in [1.29, 1.82) is 0 Å². The number of nitrogens with zero attached hydrogens (tertiary/aromatic N) is 2. The molecule has 0 spiro atoms. The predicted octanol–water partition coefficient (Wildman–Crippen LogP) is 0.758. The van der Waals surface area contributed by atoms with Crippen molar-refractivity contribution in [3.63, 3.8) is 0 Å². The number of halogens is 1. The van der Waals surface area contributed by atoms with Crippen molar-refractivity contribution in [2.45, 2.75) is 24.0 Å². The Hall–Kier alpha value is -3.57. The maximum absolute atomic E-state index is 14.0. The van der Waals surface area contributed by atoms with Gasteiger partial charge in [-0.15, -0.1) is 0 Å². The van der Waals surface area contributed by atoms with E-state index >= 15 is 0 Å². The summed E-state index contributed by atoms with van der Waals surface area (Å²) >= 11 is 0. The number of allylic oxidation sites excluding steroid dienone is 2. The molecule has 1 aromatic heterocycles. The van der Waals surface area contributed by atoms with E-state index in [1.807, 2.05) is 0 Å². The molecule has 0 radical (unpaired) electrons. The first kappa shape index (κ1) is 20.2. The van der Waals surface area contributed by atoms with E-state index in [9.17, 15) is 24.2 Å². The zero-order chi connectivity index (χ0) is 21.2. The zero-order valence-electron chi connectivity index (χ0n) is 14.8. The Morgan fingerprint density at radius 1 is 0.966 bits per heavy atom. The molecular formula is C18H17FN4O6. The molecule has 11 heteroatoms. The molecule has 3 rings (SSSR count). The van der Waals surface area contributed by atoms with E-state index in [2.05, 4.69) is 20.6 Å². The fourth-order valence-corrected chi connectivity index (χ4v) is 2.54. The number of anilines is 2. The topological polar surface area (TPSA) is 165 Å². The lowest BCUT2D eigenvalue weighted by Gasteiger charge is -2.22. The number of carbonyl (C=O) groups is 2. The minimum absolute atomic E-state index is 0.00740. The molecule has 2 aliphatic rings. The van der Waals surface area contributed by atoms with E-state index in [0.717, 1.165) is 18.3 Å². The van der Waals surface area contributed by atoms with Crippen LogP contribution in [0.25, 0.3) is 0 Å². The predicted molar refractivity (Wildman–Crippen MR) is 98.1 cm³/mol. The summed E-state index contributed by atoms with van der Waals surface area (Å²) in [6.07, 6.45) is 8.20. The molecular weight excluding hydrogens is 387 g/mol. The molecule has 0 amide bonds. The van der Waals surface area contributed by atoms with E-state index < -0.39 is 29.0 Å². The molecule has 0 saturated heterocycles. The van der Waals surface area contributed by atoms with E-state index in [-0.39, 0.29) is 24.6 Å². The molecule has 2 aliphatic carbocycles. The second kappa shape index (κ2) is 7.45. The maximum atomic E-state index is 14.0. The summed E-state index contributed by atoms with van der Waals surface area (Å²) in [5, 5.41) is 43.1. The Kier molecular flexibility index (Phi) is 5.18. The van der Waals surface area contributed by atoms with Gasteiger partial charge < -0.3 is 31.1 Å². The lowest BCUT2D eigenvalue weighted by molar-refractivity contribution is -0.153. The minimum Gasteiger partial charge on any atom is -0.479 e. The molecule has 6 N–H and O–H groups in total. The lowest BCUT2D eigenvalue weighted by atomic mass is 9.94. The van der Waals surface area contributed by atoms with Crippen LogP contribution < -0.4 is 10.6 Å². The van der Waals surface area contributed by atoms with Crippen LogP contribution in [-0.4, -0.2) is 53.5 Å². The van der Waals surface area contributed by atoms with Crippen LogP contribution in [0.15, 0.2) is 54.0 Å². The number of carboxylic acids is 2. The third kappa shape index (κ3) is 4.31. The van der Waals surface area contributed by atoms with Crippen molar-refractivity contribution in [2.24, 2.45) is 0 Å². The third-order valence-electron chi connectivity index (χ3n) is 4.35. The van der Waals surface area contributed by atoms with Crippen LogP contribution in [0.4, 0.5) is 16.2 Å². The first-order valence-corrected chi connectivity index (χ1v) is 8.38. The average molecular weight is 404 g/mol. The molecule has 0 bridgehead atoms. The summed E-state index contributed by atoms with van der Waals surface area (Å²) in [4.78, 5) is 29.8. The van der Waals surface area contributed by atoms with Crippen molar-refractivity contribution in [3.05, 3.63) is 59.9 Å². The Bertz CT molecular complexity index is 989. The Morgan fingerprint density at radius 3 is 1.93 bits per heavy atom. The largest absolute Gasteiger partial charge is 0.479 e. The summed E-state index contributed by atoms with van der Waals surface area (Å²) < 4.78 is 14.0. The van der Waals surface area contributed by atoms with E-state index in [1.54, 1.807) is 0 Å². The molecule has 1 aromatic rings. The molecule has 0 saturated carbocycles. The van der Waals surface area contributed by atoms with Gasteiger partial charge in [0.05, 0.1) is 6.20 Å². The van der Waals surface area contributed by atoms with E-state index in [4.69, 9.17) is 10.2 Å². The van der Waals surface area contributed by atoms with Gasteiger partial charge in [0.1, 0.15) is 0 Å². The first-order chi connectivity index (χ1) is 13.6. The average Bonchev–Trinajstić information content (AvgIpc) is 2.68. The number of nitrogens with one attached hydrogen (secondary N) is 2. The molecule has 29 heavy (non-hydrogen) atoms. The van der Waals surface area contributed by atoms with Gasteiger partial charge in [-0.25, -0.2) is 19.0 Å². The van der Waals surface area contributed by atoms with Crippen LogP contribution in [-0.2, 0) is 9.59 Å². The highest BCUT2D eigenvalue weighted by Crippen LogP contribution is 2.25. The van der Waals surface area contributed by atoms with Crippen LogP contribution in [0, 0.1) is 5.82 Å². The molecule has 1 heterocycles. The van der Waals surface area contributed by atoms with Gasteiger partial charge in [-0.3, -0.25) is 0 Å². The van der Waals surface area contributed by atoms with Gasteiger partial charge in [-0.05, 0) is 24.3 Å². The molecule has 2 atom stereocenters.